The van der Waals surface area contributed by atoms with Gasteiger partial charge in [0.2, 0.25) is 0 Å². The lowest BCUT2D eigenvalue weighted by molar-refractivity contribution is -0.150. The molecule has 1 N–H and O–H groups in total. The third kappa shape index (κ3) is 40.8. The molecule has 1 unspecified atom stereocenters. The monoisotopic (exact) mass is 703 g/mol. The Balaban J connectivity index is 3.99. The smallest absolute Gasteiger partial charge is 0.306 e. The summed E-state index contributed by atoms with van der Waals surface area (Å²) in [6.45, 7) is 4.55. The average Bonchev–Trinajstić information content (AvgIpc) is 3.10. The van der Waals surface area contributed by atoms with E-state index in [1.807, 2.05) is 0 Å². The van der Waals surface area contributed by atoms with Gasteiger partial charge in [-0.05, 0) is 70.6 Å². The molecule has 0 aliphatic carbocycles. The summed E-state index contributed by atoms with van der Waals surface area (Å²) in [5.74, 6) is -0.698. The minimum atomic E-state index is -0.698. The first-order valence-corrected chi connectivity index (χ1v) is 22.3. The fourth-order valence-corrected chi connectivity index (χ4v) is 6.86. The highest BCUT2D eigenvalue weighted by molar-refractivity contribution is 5.69. The van der Waals surface area contributed by atoms with E-state index in [9.17, 15) is 9.59 Å². The maximum absolute atomic E-state index is 12.7. The van der Waals surface area contributed by atoms with Gasteiger partial charge in [0.05, 0.1) is 0 Å². The van der Waals surface area contributed by atoms with E-state index in [0.29, 0.717) is 6.42 Å². The third-order valence-corrected chi connectivity index (χ3v) is 10.2. The predicted molar refractivity (Wildman–Crippen MR) is 218 cm³/mol. The largest absolute Gasteiger partial charge is 0.481 e. The van der Waals surface area contributed by atoms with E-state index in [1.54, 1.807) is 0 Å². The van der Waals surface area contributed by atoms with E-state index in [-0.39, 0.29) is 18.5 Å². The molecule has 0 radical (unpaired) electrons. The fraction of sp³-hybridized carbons (Fsp3) is 0.870. The molecule has 0 bridgehead atoms. The Labute approximate surface area is 312 Å². The molecule has 0 fully saturated rings. The van der Waals surface area contributed by atoms with Gasteiger partial charge in [0.15, 0.2) is 0 Å². The summed E-state index contributed by atoms with van der Waals surface area (Å²) < 4.78 is 6.03. The van der Waals surface area contributed by atoms with Gasteiger partial charge in [0.1, 0.15) is 6.10 Å². The van der Waals surface area contributed by atoms with Crippen LogP contribution in [0.5, 0.6) is 0 Å². The van der Waals surface area contributed by atoms with Crippen molar-refractivity contribution in [3.05, 3.63) is 24.3 Å². The van der Waals surface area contributed by atoms with Crippen molar-refractivity contribution in [2.24, 2.45) is 0 Å². The number of carboxylic acids is 1. The van der Waals surface area contributed by atoms with Gasteiger partial charge < -0.3 is 9.84 Å². The molecule has 0 aromatic rings. The van der Waals surface area contributed by atoms with Crippen LogP contribution in [0.2, 0.25) is 0 Å². The predicted octanol–water partition coefficient (Wildman–Crippen LogP) is 15.6. The number of unbranched alkanes of at least 4 members (excludes halogenated alkanes) is 28. The molecule has 0 aromatic carbocycles. The number of hydrogen-bond donors (Lipinski definition) is 1. The van der Waals surface area contributed by atoms with Gasteiger partial charge in [-0.25, -0.2) is 0 Å². The Bertz CT molecular complexity index is 757. The summed E-state index contributed by atoms with van der Waals surface area (Å²) in [5.41, 5.74) is 0. The van der Waals surface area contributed by atoms with E-state index in [1.165, 1.54) is 154 Å². The first kappa shape index (κ1) is 48.4. The van der Waals surface area contributed by atoms with Crippen LogP contribution in [-0.4, -0.2) is 23.1 Å². The van der Waals surface area contributed by atoms with Crippen LogP contribution in [-0.2, 0) is 14.3 Å². The van der Waals surface area contributed by atoms with Crippen molar-refractivity contribution in [1.82, 2.24) is 0 Å². The maximum atomic E-state index is 12.7. The van der Waals surface area contributed by atoms with Crippen molar-refractivity contribution >= 4 is 11.9 Å². The number of hydrogen-bond acceptors (Lipinski definition) is 3. The molecular formula is C46H86O4. The third-order valence-electron chi connectivity index (χ3n) is 10.2. The lowest BCUT2D eigenvalue weighted by atomic mass is 10.0. The molecule has 4 heteroatoms. The normalized spacial score (nSPS) is 12.4. The number of allylic oxidation sites excluding steroid dienone is 4. The zero-order valence-electron chi connectivity index (χ0n) is 33.7. The standard InChI is InChI=1S/C46H86O4/c1-3-5-7-9-11-13-15-17-19-20-21-22-24-26-28-30-35-39-43-46(49)50-44(41-37-33-31-34-38-42-45(47)48)40-36-32-29-27-25-23-18-16-14-12-10-8-6-4-2/h13,15,19-20,44H,3-12,14,16-18,21-43H2,1-2H3,(H,47,48)/b15-13-,20-19-. The molecule has 0 aromatic heterocycles. The van der Waals surface area contributed by atoms with E-state index >= 15 is 0 Å². The number of carboxylic acid groups (broad SMARTS) is 1. The van der Waals surface area contributed by atoms with Gasteiger partial charge in [0, 0.05) is 12.8 Å². The number of carbonyl (C=O) groups excluding carboxylic acids is 1. The molecule has 1 atom stereocenters. The first-order valence-electron chi connectivity index (χ1n) is 22.3. The lowest BCUT2D eigenvalue weighted by Crippen LogP contribution is -2.18. The molecule has 0 aliphatic heterocycles. The SMILES string of the molecule is CCCCCC/C=C\C/C=C\CCCCCCCCCC(=O)OC(CCCCCCCCCCCCCCCC)CCCCCCCC(=O)O. The summed E-state index contributed by atoms with van der Waals surface area (Å²) in [5, 5.41) is 8.84. The first-order chi connectivity index (χ1) is 24.6. The Morgan fingerprint density at radius 1 is 0.440 bits per heavy atom. The minimum Gasteiger partial charge on any atom is -0.481 e. The Morgan fingerprint density at radius 3 is 1.20 bits per heavy atom. The Hall–Kier alpha value is -1.58. The molecule has 0 aliphatic rings. The highest BCUT2D eigenvalue weighted by atomic mass is 16.5. The van der Waals surface area contributed by atoms with Crippen molar-refractivity contribution in [3.63, 3.8) is 0 Å². The average molecular weight is 703 g/mol. The van der Waals surface area contributed by atoms with E-state index < -0.39 is 5.97 Å². The summed E-state index contributed by atoms with van der Waals surface area (Å²) in [4.78, 5) is 23.5. The molecule has 4 nitrogen and oxygen atoms in total. The van der Waals surface area contributed by atoms with Crippen LogP contribution in [0.1, 0.15) is 251 Å². The van der Waals surface area contributed by atoms with Gasteiger partial charge in [0.25, 0.3) is 0 Å². The van der Waals surface area contributed by atoms with E-state index in [4.69, 9.17) is 9.84 Å². The van der Waals surface area contributed by atoms with Gasteiger partial charge in [-0.1, -0.05) is 192 Å². The zero-order valence-corrected chi connectivity index (χ0v) is 33.7. The summed E-state index contributed by atoms with van der Waals surface area (Å²) >= 11 is 0. The fourth-order valence-electron chi connectivity index (χ4n) is 6.86. The van der Waals surface area contributed by atoms with Crippen molar-refractivity contribution in [3.8, 4) is 0 Å². The van der Waals surface area contributed by atoms with Gasteiger partial charge in [-0.2, -0.15) is 0 Å². The number of ether oxygens (including phenoxy) is 1. The van der Waals surface area contributed by atoms with Crippen molar-refractivity contribution in [2.45, 2.75) is 258 Å². The molecule has 0 spiro atoms. The maximum Gasteiger partial charge on any atom is 0.306 e. The summed E-state index contributed by atoms with van der Waals surface area (Å²) in [6.07, 6.45) is 53.5. The van der Waals surface area contributed by atoms with Gasteiger partial charge in [-0.15, -0.1) is 0 Å². The highest BCUT2D eigenvalue weighted by Gasteiger charge is 2.14. The topological polar surface area (TPSA) is 63.6 Å². The zero-order chi connectivity index (χ0) is 36.4. The van der Waals surface area contributed by atoms with Crippen LogP contribution in [0.25, 0.3) is 0 Å². The molecular weight excluding hydrogens is 617 g/mol. The second-order valence-corrected chi connectivity index (χ2v) is 15.2. The van der Waals surface area contributed by atoms with E-state index in [0.717, 1.165) is 70.6 Å². The van der Waals surface area contributed by atoms with Crippen LogP contribution < -0.4 is 0 Å². The van der Waals surface area contributed by atoms with Gasteiger partial charge in [-0.3, -0.25) is 9.59 Å². The molecule has 0 rings (SSSR count). The number of carbonyl (C=O) groups is 2. The molecule has 0 heterocycles. The minimum absolute atomic E-state index is 0.0000492. The molecule has 294 valence electrons. The van der Waals surface area contributed by atoms with Crippen molar-refractivity contribution in [1.29, 1.82) is 0 Å². The van der Waals surface area contributed by atoms with E-state index in [2.05, 4.69) is 38.2 Å². The summed E-state index contributed by atoms with van der Waals surface area (Å²) in [6, 6.07) is 0. The Morgan fingerprint density at radius 2 is 0.780 bits per heavy atom. The number of esters is 1. The van der Waals surface area contributed by atoms with Crippen molar-refractivity contribution in [2.75, 3.05) is 0 Å². The van der Waals surface area contributed by atoms with Crippen LogP contribution in [0.15, 0.2) is 24.3 Å². The highest BCUT2D eigenvalue weighted by Crippen LogP contribution is 2.19. The molecule has 0 amide bonds. The molecule has 0 saturated carbocycles. The summed E-state index contributed by atoms with van der Waals surface area (Å²) in [7, 11) is 0. The number of rotatable bonds is 41. The van der Waals surface area contributed by atoms with Gasteiger partial charge >= 0.3 is 11.9 Å². The lowest BCUT2D eigenvalue weighted by Gasteiger charge is -2.18. The molecule has 50 heavy (non-hydrogen) atoms. The van der Waals surface area contributed by atoms with Crippen LogP contribution in [0, 0.1) is 0 Å². The Kier molecular flexibility index (Phi) is 40.5. The van der Waals surface area contributed by atoms with Crippen LogP contribution in [0.4, 0.5) is 0 Å². The number of aliphatic carboxylic acids is 1. The second kappa shape index (κ2) is 41.8. The van der Waals surface area contributed by atoms with Crippen LogP contribution >= 0.6 is 0 Å². The molecule has 0 saturated heterocycles. The van der Waals surface area contributed by atoms with Crippen molar-refractivity contribution < 1.29 is 19.4 Å². The quantitative estimate of drug-likeness (QED) is 0.0391. The van der Waals surface area contributed by atoms with Crippen LogP contribution in [0.3, 0.4) is 0 Å². The second-order valence-electron chi connectivity index (χ2n) is 15.2.